The van der Waals surface area contributed by atoms with E-state index in [-0.39, 0.29) is 5.56 Å². The number of aryl methyl sites for hydroxylation is 1. The highest BCUT2D eigenvalue weighted by Gasteiger charge is 2.09. The number of aromatic nitrogens is 2. The molecule has 74 valence electrons. The fraction of sp³-hybridized carbons (Fsp3) is 0.222. The van der Waals surface area contributed by atoms with Gasteiger partial charge in [-0.15, -0.1) is 0 Å². The zero-order chi connectivity index (χ0) is 10.1. The molecule has 0 spiro atoms. The second-order valence-corrected chi connectivity index (χ2v) is 3.16. The molecule has 0 fully saturated rings. The molecule has 2 aromatic heterocycles. The number of anilines is 1. The molecule has 2 rings (SSSR count). The summed E-state index contributed by atoms with van der Waals surface area (Å²) in [5, 5.41) is 4.98. The Labute approximate surface area is 79.9 Å². The zero-order valence-corrected chi connectivity index (χ0v) is 7.76. The van der Waals surface area contributed by atoms with Crippen molar-refractivity contribution in [1.82, 2.24) is 10.2 Å². The molecule has 0 aromatic carbocycles. The van der Waals surface area contributed by atoms with Crippen LogP contribution in [-0.4, -0.2) is 10.2 Å². The quantitative estimate of drug-likeness (QED) is 0.658. The molecule has 0 unspecified atom stereocenters. The Hall–Kier alpha value is -1.91. The van der Waals surface area contributed by atoms with Gasteiger partial charge in [0.15, 0.2) is 0 Å². The highest BCUT2D eigenvalue weighted by molar-refractivity contribution is 5.39. The van der Waals surface area contributed by atoms with Crippen LogP contribution in [0.4, 0.5) is 5.82 Å². The minimum absolute atomic E-state index is 0.198. The highest BCUT2D eigenvalue weighted by atomic mass is 16.3. The van der Waals surface area contributed by atoms with Gasteiger partial charge in [0.1, 0.15) is 17.3 Å². The Kier molecular flexibility index (Phi) is 1.92. The smallest absolute Gasteiger partial charge is 0.269 e. The molecule has 0 saturated carbocycles. The van der Waals surface area contributed by atoms with Crippen molar-refractivity contribution >= 4 is 5.82 Å². The summed E-state index contributed by atoms with van der Waals surface area (Å²) < 4.78 is 5.34. The molecule has 0 radical (unpaired) electrons. The first-order valence-electron chi connectivity index (χ1n) is 4.27. The van der Waals surface area contributed by atoms with Gasteiger partial charge in [0, 0.05) is 6.42 Å². The van der Waals surface area contributed by atoms with Gasteiger partial charge < -0.3 is 10.2 Å². The third kappa shape index (κ3) is 1.44. The van der Waals surface area contributed by atoms with Gasteiger partial charge in [-0.3, -0.25) is 15.0 Å². The normalized spacial score (nSPS) is 10.6. The van der Waals surface area contributed by atoms with Crippen LogP contribution >= 0.6 is 0 Å². The predicted molar refractivity (Wildman–Crippen MR) is 52.1 cm³/mol. The summed E-state index contributed by atoms with van der Waals surface area (Å²) in [6.07, 6.45) is 0.415. The molecule has 5 nitrogen and oxygen atoms in total. The van der Waals surface area contributed by atoms with Gasteiger partial charge >= 0.3 is 0 Å². The zero-order valence-electron chi connectivity index (χ0n) is 7.76. The number of furan rings is 1. The Bertz CT molecular complexity index is 492. The van der Waals surface area contributed by atoms with Gasteiger partial charge in [0.2, 0.25) is 0 Å². The lowest BCUT2D eigenvalue weighted by atomic mass is 10.2. The molecule has 0 aliphatic carbocycles. The van der Waals surface area contributed by atoms with E-state index in [1.807, 2.05) is 19.1 Å². The first kappa shape index (κ1) is 8.68. The average Bonchev–Trinajstić information content (AvgIpc) is 2.67. The molecule has 0 aliphatic rings. The molecular weight excluding hydrogens is 182 g/mol. The number of hydrogen-bond acceptors (Lipinski definition) is 3. The van der Waals surface area contributed by atoms with Crippen molar-refractivity contribution in [2.24, 2.45) is 0 Å². The van der Waals surface area contributed by atoms with E-state index in [1.165, 1.54) is 0 Å². The van der Waals surface area contributed by atoms with E-state index >= 15 is 0 Å². The molecule has 2 heterocycles. The van der Waals surface area contributed by atoms with E-state index in [0.717, 1.165) is 11.5 Å². The second kappa shape index (κ2) is 3.10. The Balaban J connectivity index is 2.31. The number of nitrogens with two attached hydrogens (primary N) is 1. The van der Waals surface area contributed by atoms with Crippen LogP contribution < -0.4 is 11.3 Å². The lowest BCUT2D eigenvalue weighted by molar-refractivity contribution is 0.493. The van der Waals surface area contributed by atoms with Crippen LogP contribution in [0, 0.1) is 6.92 Å². The van der Waals surface area contributed by atoms with Crippen LogP contribution in [0.2, 0.25) is 0 Å². The van der Waals surface area contributed by atoms with Gasteiger partial charge in [-0.25, -0.2) is 0 Å². The Morgan fingerprint density at radius 3 is 2.71 bits per heavy atom. The number of aromatic amines is 2. The molecule has 0 amide bonds. The SMILES string of the molecule is Cc1ccc(Cc2c(N)[nH][nH]c2=O)o1. The van der Waals surface area contributed by atoms with Crippen molar-refractivity contribution in [2.75, 3.05) is 5.73 Å². The monoisotopic (exact) mass is 193 g/mol. The average molecular weight is 193 g/mol. The number of hydrogen-bond donors (Lipinski definition) is 3. The van der Waals surface area contributed by atoms with E-state index in [9.17, 15) is 4.79 Å². The summed E-state index contributed by atoms with van der Waals surface area (Å²) in [6.45, 7) is 1.86. The van der Waals surface area contributed by atoms with Crippen LogP contribution in [0.25, 0.3) is 0 Å². The van der Waals surface area contributed by atoms with Crippen molar-refractivity contribution < 1.29 is 4.42 Å². The second-order valence-electron chi connectivity index (χ2n) is 3.16. The fourth-order valence-corrected chi connectivity index (χ4v) is 1.33. The minimum Gasteiger partial charge on any atom is -0.466 e. The first-order valence-corrected chi connectivity index (χ1v) is 4.27. The maximum Gasteiger partial charge on any atom is 0.269 e. The van der Waals surface area contributed by atoms with Gasteiger partial charge in [0.25, 0.3) is 5.56 Å². The highest BCUT2D eigenvalue weighted by Crippen LogP contribution is 2.12. The molecule has 5 heteroatoms. The first-order chi connectivity index (χ1) is 6.66. The molecule has 14 heavy (non-hydrogen) atoms. The summed E-state index contributed by atoms with van der Waals surface area (Å²) in [5.41, 5.74) is 5.88. The predicted octanol–water partition coefficient (Wildman–Crippen LogP) is 0.777. The van der Waals surface area contributed by atoms with Crippen molar-refractivity contribution in [3.8, 4) is 0 Å². The summed E-state index contributed by atoms with van der Waals surface area (Å²) in [7, 11) is 0. The molecule has 4 N–H and O–H groups in total. The van der Waals surface area contributed by atoms with E-state index in [0.29, 0.717) is 17.8 Å². The van der Waals surface area contributed by atoms with Crippen LogP contribution in [0.15, 0.2) is 21.3 Å². The van der Waals surface area contributed by atoms with Crippen molar-refractivity contribution in [3.63, 3.8) is 0 Å². The van der Waals surface area contributed by atoms with E-state index in [4.69, 9.17) is 10.2 Å². The molecule has 0 bridgehead atoms. The summed E-state index contributed by atoms with van der Waals surface area (Å²) >= 11 is 0. The topological polar surface area (TPSA) is 87.8 Å². The maximum atomic E-state index is 11.2. The lowest BCUT2D eigenvalue weighted by Gasteiger charge is -1.93. The fourth-order valence-electron chi connectivity index (χ4n) is 1.33. The van der Waals surface area contributed by atoms with Crippen molar-refractivity contribution in [3.05, 3.63) is 39.6 Å². The summed E-state index contributed by atoms with van der Waals surface area (Å²) in [4.78, 5) is 11.2. The van der Waals surface area contributed by atoms with Crippen LogP contribution in [0.5, 0.6) is 0 Å². The lowest BCUT2D eigenvalue weighted by Crippen LogP contribution is -2.07. The van der Waals surface area contributed by atoms with Gasteiger partial charge in [0.05, 0.1) is 5.56 Å². The van der Waals surface area contributed by atoms with E-state index < -0.39 is 0 Å². The molecule has 0 saturated heterocycles. The van der Waals surface area contributed by atoms with E-state index in [1.54, 1.807) is 0 Å². The Morgan fingerprint density at radius 2 is 2.21 bits per heavy atom. The number of nitrogens with one attached hydrogen (secondary N) is 2. The summed E-state index contributed by atoms with van der Waals surface area (Å²) in [5.74, 6) is 1.92. The number of rotatable bonds is 2. The molecule has 0 atom stereocenters. The maximum absolute atomic E-state index is 11.2. The number of H-pyrrole nitrogens is 2. The van der Waals surface area contributed by atoms with Gasteiger partial charge in [-0.1, -0.05) is 0 Å². The largest absolute Gasteiger partial charge is 0.466 e. The molecule has 2 aromatic rings. The molecular formula is C9H11N3O2. The minimum atomic E-state index is -0.198. The van der Waals surface area contributed by atoms with Crippen LogP contribution in [0.3, 0.4) is 0 Å². The van der Waals surface area contributed by atoms with Crippen molar-refractivity contribution in [1.29, 1.82) is 0 Å². The summed E-state index contributed by atoms with van der Waals surface area (Å²) in [6, 6.07) is 3.69. The van der Waals surface area contributed by atoms with E-state index in [2.05, 4.69) is 10.2 Å². The third-order valence-corrected chi connectivity index (χ3v) is 2.06. The standard InChI is InChI=1S/C9H11N3O2/c1-5-2-3-6(14-5)4-7-8(10)11-12-9(7)13/h2-3H,4H2,1H3,(H4,10,11,12,13). The van der Waals surface area contributed by atoms with Gasteiger partial charge in [-0.05, 0) is 19.1 Å². The number of nitrogen functional groups attached to an aromatic ring is 1. The Morgan fingerprint density at radius 1 is 1.43 bits per heavy atom. The van der Waals surface area contributed by atoms with Crippen LogP contribution in [-0.2, 0) is 6.42 Å². The molecule has 0 aliphatic heterocycles. The third-order valence-electron chi connectivity index (χ3n) is 2.06. The van der Waals surface area contributed by atoms with Crippen LogP contribution in [0.1, 0.15) is 17.1 Å². The van der Waals surface area contributed by atoms with Crippen molar-refractivity contribution in [2.45, 2.75) is 13.3 Å². The van der Waals surface area contributed by atoms with Gasteiger partial charge in [-0.2, -0.15) is 0 Å².